The van der Waals surface area contributed by atoms with Crippen molar-refractivity contribution >= 4 is 15.7 Å². The van der Waals surface area contributed by atoms with Crippen molar-refractivity contribution < 1.29 is 8.42 Å². The number of benzene rings is 1. The highest BCUT2D eigenvalue weighted by atomic mass is 32.2. The fraction of sp³-hybridized carbons (Fsp3) is 0.500. The van der Waals surface area contributed by atoms with Gasteiger partial charge in [-0.3, -0.25) is 4.90 Å². The first-order valence-corrected chi connectivity index (χ1v) is 11.5. The zero-order valence-corrected chi connectivity index (χ0v) is 16.3. The molecule has 2 heterocycles. The van der Waals surface area contributed by atoms with E-state index in [0.29, 0.717) is 13.1 Å². The Bertz CT molecular complexity index is 883. The van der Waals surface area contributed by atoms with Crippen molar-refractivity contribution in [2.24, 2.45) is 0 Å². The summed E-state index contributed by atoms with van der Waals surface area (Å²) in [5.74, 6) is 1.52. The summed E-state index contributed by atoms with van der Waals surface area (Å²) in [5, 5.41) is 3.47. The molecule has 1 aromatic carbocycles. The van der Waals surface area contributed by atoms with Crippen molar-refractivity contribution in [3.8, 4) is 0 Å². The van der Waals surface area contributed by atoms with Crippen LogP contribution in [0, 0.1) is 0 Å². The lowest BCUT2D eigenvalue weighted by Gasteiger charge is -2.26. The second kappa shape index (κ2) is 7.94. The maximum Gasteiger partial charge on any atom is 0.152 e. The minimum absolute atomic E-state index is 0.276. The Morgan fingerprint density at radius 3 is 2.44 bits per heavy atom. The Kier molecular flexibility index (Phi) is 5.41. The summed E-state index contributed by atoms with van der Waals surface area (Å²) in [6.07, 6.45) is 6.20. The van der Waals surface area contributed by atoms with E-state index in [-0.39, 0.29) is 11.5 Å². The molecule has 1 aliphatic carbocycles. The first kappa shape index (κ1) is 18.4. The first-order valence-electron chi connectivity index (χ1n) is 9.66. The maximum atomic E-state index is 11.5. The molecule has 2 aromatic rings. The summed E-state index contributed by atoms with van der Waals surface area (Å²) in [5.41, 5.74) is 4.90. The van der Waals surface area contributed by atoms with Gasteiger partial charge < -0.3 is 5.32 Å². The third kappa shape index (κ3) is 4.65. The molecule has 0 spiro atoms. The molecule has 144 valence electrons. The molecular weight excluding hydrogens is 360 g/mol. The molecule has 0 bridgehead atoms. The van der Waals surface area contributed by atoms with Crippen LogP contribution in [0.5, 0.6) is 0 Å². The molecule has 0 radical (unpaired) electrons. The van der Waals surface area contributed by atoms with Crippen molar-refractivity contribution in [3.63, 3.8) is 0 Å². The molecule has 6 nitrogen and oxygen atoms in total. The van der Waals surface area contributed by atoms with Crippen LogP contribution in [-0.2, 0) is 35.8 Å². The van der Waals surface area contributed by atoms with Gasteiger partial charge in [0.15, 0.2) is 9.84 Å². The van der Waals surface area contributed by atoms with Gasteiger partial charge in [0.25, 0.3) is 0 Å². The smallest absolute Gasteiger partial charge is 0.152 e. The number of aromatic nitrogens is 2. The van der Waals surface area contributed by atoms with Gasteiger partial charge in [-0.1, -0.05) is 24.3 Å². The van der Waals surface area contributed by atoms with Crippen molar-refractivity contribution in [2.45, 2.75) is 38.8 Å². The number of sulfone groups is 1. The second-order valence-corrected chi connectivity index (χ2v) is 9.76. The number of fused-ring (bicyclic) bond motifs is 1. The van der Waals surface area contributed by atoms with E-state index in [1.54, 1.807) is 6.33 Å². The molecule has 1 aromatic heterocycles. The van der Waals surface area contributed by atoms with Gasteiger partial charge in [0, 0.05) is 37.4 Å². The normalized spacial score (nSPS) is 19.4. The fourth-order valence-electron chi connectivity index (χ4n) is 3.79. The van der Waals surface area contributed by atoms with E-state index in [0.717, 1.165) is 31.7 Å². The summed E-state index contributed by atoms with van der Waals surface area (Å²) in [6, 6.07) is 8.54. The number of nitrogens with one attached hydrogen (secondary N) is 1. The molecule has 2 aliphatic rings. The van der Waals surface area contributed by atoms with E-state index in [9.17, 15) is 8.42 Å². The topological polar surface area (TPSA) is 75.2 Å². The number of nitrogens with zero attached hydrogens (tertiary/aromatic N) is 3. The summed E-state index contributed by atoms with van der Waals surface area (Å²) in [6.45, 7) is 2.81. The predicted molar refractivity (Wildman–Crippen MR) is 106 cm³/mol. The van der Waals surface area contributed by atoms with Crippen molar-refractivity contribution in [1.82, 2.24) is 14.9 Å². The molecular formula is C20H26N4O2S. The van der Waals surface area contributed by atoms with Gasteiger partial charge in [0.05, 0.1) is 11.5 Å². The van der Waals surface area contributed by atoms with E-state index < -0.39 is 9.84 Å². The standard InChI is InChI=1S/C20H26N4O2S/c25-27(26)11-9-24(10-12-27)14-17-7-5-16(6-8-17)13-21-20-18-3-1-2-4-19(18)22-15-23-20/h5-8,15H,1-4,9-14H2,(H,21,22,23). The zero-order chi connectivity index (χ0) is 18.7. The largest absolute Gasteiger partial charge is 0.366 e. The van der Waals surface area contributed by atoms with Gasteiger partial charge in [-0.25, -0.2) is 18.4 Å². The molecule has 4 rings (SSSR count). The summed E-state index contributed by atoms with van der Waals surface area (Å²) >= 11 is 0. The molecule has 7 heteroatoms. The Labute approximate surface area is 161 Å². The monoisotopic (exact) mass is 386 g/mol. The van der Waals surface area contributed by atoms with Crippen LogP contribution < -0.4 is 5.32 Å². The van der Waals surface area contributed by atoms with Crippen LogP contribution in [0.1, 0.15) is 35.2 Å². The van der Waals surface area contributed by atoms with E-state index in [1.165, 1.54) is 35.2 Å². The highest BCUT2D eigenvalue weighted by molar-refractivity contribution is 7.91. The van der Waals surface area contributed by atoms with Crippen molar-refractivity contribution in [1.29, 1.82) is 0 Å². The van der Waals surface area contributed by atoms with Crippen LogP contribution in [0.25, 0.3) is 0 Å². The van der Waals surface area contributed by atoms with E-state index >= 15 is 0 Å². The van der Waals surface area contributed by atoms with Crippen molar-refractivity contribution in [2.75, 3.05) is 29.9 Å². The molecule has 0 saturated carbocycles. The Morgan fingerprint density at radius 2 is 1.67 bits per heavy atom. The average Bonchev–Trinajstić information content (AvgIpc) is 2.69. The van der Waals surface area contributed by atoms with Crippen LogP contribution in [-0.4, -0.2) is 47.9 Å². The molecule has 1 aliphatic heterocycles. The average molecular weight is 387 g/mol. The van der Waals surface area contributed by atoms with Crippen LogP contribution in [0.3, 0.4) is 0 Å². The van der Waals surface area contributed by atoms with Gasteiger partial charge in [0.1, 0.15) is 12.1 Å². The van der Waals surface area contributed by atoms with Crippen LogP contribution >= 0.6 is 0 Å². The number of aryl methyl sites for hydroxylation is 1. The minimum Gasteiger partial charge on any atom is -0.366 e. The maximum absolute atomic E-state index is 11.5. The molecule has 0 atom stereocenters. The minimum atomic E-state index is -2.82. The number of hydrogen-bond acceptors (Lipinski definition) is 6. The summed E-state index contributed by atoms with van der Waals surface area (Å²) in [7, 11) is -2.82. The number of hydrogen-bond donors (Lipinski definition) is 1. The van der Waals surface area contributed by atoms with Gasteiger partial charge in [-0.15, -0.1) is 0 Å². The van der Waals surface area contributed by atoms with Crippen molar-refractivity contribution in [3.05, 3.63) is 53.0 Å². The Hall–Kier alpha value is -1.99. The second-order valence-electron chi connectivity index (χ2n) is 7.45. The lowest BCUT2D eigenvalue weighted by atomic mass is 9.96. The lowest BCUT2D eigenvalue weighted by Crippen LogP contribution is -2.39. The molecule has 1 saturated heterocycles. The third-order valence-corrected chi connectivity index (χ3v) is 7.06. The van der Waals surface area contributed by atoms with Gasteiger partial charge in [-0.2, -0.15) is 0 Å². The summed E-state index contributed by atoms with van der Waals surface area (Å²) in [4.78, 5) is 11.1. The van der Waals surface area contributed by atoms with Crippen LogP contribution in [0.2, 0.25) is 0 Å². The predicted octanol–water partition coefficient (Wildman–Crippen LogP) is 2.20. The highest BCUT2D eigenvalue weighted by Crippen LogP contribution is 2.24. The first-order chi connectivity index (χ1) is 13.1. The highest BCUT2D eigenvalue weighted by Gasteiger charge is 2.21. The van der Waals surface area contributed by atoms with E-state index in [4.69, 9.17) is 0 Å². The zero-order valence-electron chi connectivity index (χ0n) is 15.5. The lowest BCUT2D eigenvalue weighted by molar-refractivity contribution is 0.287. The van der Waals surface area contributed by atoms with Gasteiger partial charge in [-0.05, 0) is 36.8 Å². The Balaban J connectivity index is 1.33. The fourth-order valence-corrected chi connectivity index (χ4v) is 5.07. The van der Waals surface area contributed by atoms with E-state index in [1.807, 2.05) is 0 Å². The Morgan fingerprint density at radius 1 is 0.963 bits per heavy atom. The van der Waals surface area contributed by atoms with E-state index in [2.05, 4.69) is 44.5 Å². The quantitative estimate of drug-likeness (QED) is 0.849. The third-order valence-electron chi connectivity index (χ3n) is 5.45. The molecule has 27 heavy (non-hydrogen) atoms. The molecule has 0 unspecified atom stereocenters. The van der Waals surface area contributed by atoms with Crippen LogP contribution in [0.15, 0.2) is 30.6 Å². The van der Waals surface area contributed by atoms with Crippen LogP contribution in [0.4, 0.5) is 5.82 Å². The van der Waals surface area contributed by atoms with Gasteiger partial charge >= 0.3 is 0 Å². The molecule has 0 amide bonds. The van der Waals surface area contributed by atoms with Gasteiger partial charge in [0.2, 0.25) is 0 Å². The number of anilines is 1. The molecule has 1 N–H and O–H groups in total. The molecule has 1 fully saturated rings. The SMILES string of the molecule is O=S1(=O)CCN(Cc2ccc(CNc3ncnc4c3CCCC4)cc2)CC1. The summed E-state index contributed by atoms with van der Waals surface area (Å²) < 4.78 is 23.1. The number of rotatable bonds is 5.